The molecule has 1 aromatic carbocycles. The van der Waals surface area contributed by atoms with Gasteiger partial charge in [0, 0.05) is 30.2 Å². The lowest BCUT2D eigenvalue weighted by Gasteiger charge is -2.41. The summed E-state index contributed by atoms with van der Waals surface area (Å²) >= 11 is 0. The largest absolute Gasteiger partial charge is 0.371 e. The predicted octanol–water partition coefficient (Wildman–Crippen LogP) is 2.15. The van der Waals surface area contributed by atoms with Gasteiger partial charge in [-0.2, -0.15) is 0 Å². The summed E-state index contributed by atoms with van der Waals surface area (Å²) in [6.07, 6.45) is 1.98. The molecular weight excluding hydrogens is 292 g/mol. The van der Waals surface area contributed by atoms with Gasteiger partial charge in [-0.25, -0.2) is 0 Å². The van der Waals surface area contributed by atoms with Gasteiger partial charge in [0.2, 0.25) is 0 Å². The highest BCUT2D eigenvalue weighted by Gasteiger charge is 2.27. The third-order valence-corrected chi connectivity index (χ3v) is 4.35. The Hall–Kier alpha value is -1.43. The van der Waals surface area contributed by atoms with E-state index in [0.29, 0.717) is 12.2 Å². The van der Waals surface area contributed by atoms with Crippen molar-refractivity contribution in [1.82, 2.24) is 10.2 Å². The van der Waals surface area contributed by atoms with Crippen molar-refractivity contribution >= 4 is 5.91 Å². The van der Waals surface area contributed by atoms with Crippen molar-refractivity contribution in [3.05, 3.63) is 35.4 Å². The van der Waals surface area contributed by atoms with E-state index in [1.54, 1.807) is 12.1 Å². The van der Waals surface area contributed by atoms with Crippen LogP contribution in [0.25, 0.3) is 0 Å². The fraction of sp³-hybridized carbons (Fsp3) is 0.611. The molecule has 0 atom stereocenters. The molecular formula is C18H28N2O3. The summed E-state index contributed by atoms with van der Waals surface area (Å²) in [5, 5.41) is 11.8. The molecule has 1 saturated heterocycles. The Balaban J connectivity index is 1.83. The molecule has 2 rings (SSSR count). The fourth-order valence-corrected chi connectivity index (χ4v) is 2.88. The molecule has 1 aromatic rings. The first kappa shape index (κ1) is 17.9. The first-order valence-corrected chi connectivity index (χ1v) is 8.23. The minimum absolute atomic E-state index is 0.0196. The van der Waals surface area contributed by atoms with Crippen LogP contribution in [0.5, 0.6) is 0 Å². The van der Waals surface area contributed by atoms with E-state index in [-0.39, 0.29) is 24.3 Å². The minimum atomic E-state index is -0.296. The molecule has 0 unspecified atom stereocenters. The normalized spacial score (nSPS) is 17.2. The van der Waals surface area contributed by atoms with Crippen molar-refractivity contribution in [3.8, 4) is 0 Å². The van der Waals surface area contributed by atoms with Crippen LogP contribution < -0.4 is 5.32 Å². The SMILES string of the molecule is CC(C)(C)N1CCC(NC(=O)c2ccc(COCO)cc2)CC1. The molecule has 1 aliphatic heterocycles. The van der Waals surface area contributed by atoms with Gasteiger partial charge in [0.1, 0.15) is 6.79 Å². The third kappa shape index (κ3) is 5.30. The van der Waals surface area contributed by atoms with E-state index in [4.69, 9.17) is 9.84 Å². The number of ether oxygens (including phenoxy) is 1. The zero-order valence-corrected chi connectivity index (χ0v) is 14.3. The standard InChI is InChI=1S/C18H28N2O3/c1-18(2,3)20-10-8-16(9-11-20)19-17(22)15-6-4-14(5-7-15)12-23-13-21/h4-7,16,21H,8-13H2,1-3H3,(H,19,22). The number of benzene rings is 1. The Morgan fingerprint density at radius 2 is 1.87 bits per heavy atom. The summed E-state index contributed by atoms with van der Waals surface area (Å²) in [7, 11) is 0. The highest BCUT2D eigenvalue weighted by molar-refractivity contribution is 5.94. The molecule has 0 radical (unpaired) electrons. The number of carbonyl (C=O) groups is 1. The highest BCUT2D eigenvalue weighted by Crippen LogP contribution is 2.20. The third-order valence-electron chi connectivity index (χ3n) is 4.35. The van der Waals surface area contributed by atoms with Gasteiger partial charge in [0.15, 0.2) is 0 Å². The summed E-state index contributed by atoms with van der Waals surface area (Å²) in [4.78, 5) is 14.8. The lowest BCUT2D eigenvalue weighted by molar-refractivity contribution is -0.0112. The van der Waals surface area contributed by atoms with Crippen molar-refractivity contribution in [3.63, 3.8) is 0 Å². The molecule has 128 valence electrons. The van der Waals surface area contributed by atoms with Crippen LogP contribution in [0.15, 0.2) is 24.3 Å². The van der Waals surface area contributed by atoms with Crippen molar-refractivity contribution < 1.29 is 14.6 Å². The van der Waals surface area contributed by atoms with Crippen LogP contribution in [0.2, 0.25) is 0 Å². The molecule has 23 heavy (non-hydrogen) atoms. The van der Waals surface area contributed by atoms with E-state index in [1.165, 1.54) is 0 Å². The van der Waals surface area contributed by atoms with E-state index >= 15 is 0 Å². The molecule has 0 bridgehead atoms. The number of nitrogens with one attached hydrogen (secondary N) is 1. The lowest BCUT2D eigenvalue weighted by atomic mass is 9.98. The quantitative estimate of drug-likeness (QED) is 0.816. The van der Waals surface area contributed by atoms with E-state index in [0.717, 1.165) is 31.5 Å². The molecule has 5 nitrogen and oxygen atoms in total. The van der Waals surface area contributed by atoms with Crippen molar-refractivity contribution in [2.24, 2.45) is 0 Å². The Bertz CT molecular complexity index is 500. The number of aliphatic hydroxyl groups excluding tert-OH is 1. The Morgan fingerprint density at radius 1 is 1.26 bits per heavy atom. The van der Waals surface area contributed by atoms with Gasteiger partial charge in [-0.05, 0) is 51.3 Å². The molecule has 1 fully saturated rings. The highest BCUT2D eigenvalue weighted by atomic mass is 16.6. The zero-order chi connectivity index (χ0) is 16.9. The zero-order valence-electron chi connectivity index (χ0n) is 14.3. The molecule has 0 spiro atoms. The number of amides is 1. The number of likely N-dealkylation sites (tertiary alicyclic amines) is 1. The van der Waals surface area contributed by atoms with Crippen LogP contribution in [0.1, 0.15) is 49.5 Å². The van der Waals surface area contributed by atoms with Crippen LogP contribution in [-0.4, -0.2) is 47.4 Å². The van der Waals surface area contributed by atoms with Crippen molar-refractivity contribution in [2.75, 3.05) is 19.9 Å². The first-order valence-electron chi connectivity index (χ1n) is 8.23. The van der Waals surface area contributed by atoms with Crippen LogP contribution in [0.3, 0.4) is 0 Å². The van der Waals surface area contributed by atoms with E-state index in [1.807, 2.05) is 12.1 Å². The van der Waals surface area contributed by atoms with E-state index in [2.05, 4.69) is 31.0 Å². The summed E-state index contributed by atoms with van der Waals surface area (Å²) in [6, 6.07) is 7.56. The topological polar surface area (TPSA) is 61.8 Å². The molecule has 1 amide bonds. The number of piperidine rings is 1. The average Bonchev–Trinajstić information content (AvgIpc) is 2.53. The number of carbonyl (C=O) groups excluding carboxylic acids is 1. The maximum atomic E-state index is 12.3. The second-order valence-corrected chi connectivity index (χ2v) is 7.08. The van der Waals surface area contributed by atoms with Gasteiger partial charge < -0.3 is 15.2 Å². The monoisotopic (exact) mass is 320 g/mol. The number of hydrogen-bond acceptors (Lipinski definition) is 4. The van der Waals surface area contributed by atoms with Gasteiger partial charge in [-0.3, -0.25) is 9.69 Å². The summed E-state index contributed by atoms with van der Waals surface area (Å²) in [5.74, 6) is -0.0196. The second kappa shape index (κ2) is 7.90. The number of nitrogens with zero attached hydrogens (tertiary/aromatic N) is 1. The molecule has 0 aromatic heterocycles. The number of hydrogen-bond donors (Lipinski definition) is 2. The number of aliphatic hydroxyl groups is 1. The molecule has 1 heterocycles. The fourth-order valence-electron chi connectivity index (χ4n) is 2.88. The first-order chi connectivity index (χ1) is 10.9. The smallest absolute Gasteiger partial charge is 0.251 e. The van der Waals surface area contributed by atoms with E-state index in [9.17, 15) is 4.79 Å². The number of rotatable bonds is 5. The van der Waals surface area contributed by atoms with Crippen LogP contribution >= 0.6 is 0 Å². The Kier molecular flexibility index (Phi) is 6.16. The summed E-state index contributed by atoms with van der Waals surface area (Å²) < 4.78 is 4.93. The average molecular weight is 320 g/mol. The molecule has 0 aliphatic carbocycles. The molecule has 0 saturated carbocycles. The lowest BCUT2D eigenvalue weighted by Crippen LogP contribution is -2.50. The summed E-state index contributed by atoms with van der Waals surface area (Å²) in [6.45, 7) is 8.78. The maximum absolute atomic E-state index is 12.3. The summed E-state index contributed by atoms with van der Waals surface area (Å²) in [5.41, 5.74) is 1.80. The molecule has 5 heteroatoms. The van der Waals surface area contributed by atoms with Crippen LogP contribution in [0, 0.1) is 0 Å². The van der Waals surface area contributed by atoms with Crippen molar-refractivity contribution in [1.29, 1.82) is 0 Å². The van der Waals surface area contributed by atoms with Gasteiger partial charge >= 0.3 is 0 Å². The van der Waals surface area contributed by atoms with Gasteiger partial charge in [0.25, 0.3) is 5.91 Å². The van der Waals surface area contributed by atoms with Crippen LogP contribution in [0.4, 0.5) is 0 Å². The maximum Gasteiger partial charge on any atom is 0.251 e. The molecule has 1 aliphatic rings. The predicted molar refractivity (Wildman–Crippen MR) is 90.1 cm³/mol. The van der Waals surface area contributed by atoms with Gasteiger partial charge in [0.05, 0.1) is 6.61 Å². The van der Waals surface area contributed by atoms with E-state index < -0.39 is 0 Å². The van der Waals surface area contributed by atoms with Gasteiger partial charge in [-0.1, -0.05) is 12.1 Å². The van der Waals surface area contributed by atoms with Crippen molar-refractivity contribution in [2.45, 2.75) is 51.8 Å². The minimum Gasteiger partial charge on any atom is -0.371 e. The van der Waals surface area contributed by atoms with Crippen LogP contribution in [-0.2, 0) is 11.3 Å². The molecule has 2 N–H and O–H groups in total. The Morgan fingerprint density at radius 3 is 2.39 bits per heavy atom. The second-order valence-electron chi connectivity index (χ2n) is 7.08. The van der Waals surface area contributed by atoms with Gasteiger partial charge in [-0.15, -0.1) is 0 Å². The Labute approximate surface area is 138 Å².